The molecule has 1 unspecified atom stereocenters. The van der Waals surface area contributed by atoms with E-state index in [4.69, 9.17) is 16.7 Å². The van der Waals surface area contributed by atoms with Crippen molar-refractivity contribution >= 4 is 40.8 Å². The third-order valence-electron chi connectivity index (χ3n) is 2.67. The smallest absolute Gasteiger partial charge is 0.324 e. The minimum absolute atomic E-state index is 0.00326. The fourth-order valence-corrected chi connectivity index (χ4v) is 2.84. The molecule has 0 fully saturated rings. The third-order valence-corrected chi connectivity index (χ3v) is 3.89. The van der Waals surface area contributed by atoms with Gasteiger partial charge in [-0.1, -0.05) is 18.5 Å². The van der Waals surface area contributed by atoms with Crippen molar-refractivity contribution in [1.29, 1.82) is 0 Å². The zero-order chi connectivity index (χ0) is 16.0. The molecule has 116 valence electrons. The predicted molar refractivity (Wildman–Crippen MR) is 80.4 cm³/mol. The van der Waals surface area contributed by atoms with Gasteiger partial charge in [0.05, 0.1) is 10.9 Å². The second kappa shape index (κ2) is 7.99. The zero-order valence-electron chi connectivity index (χ0n) is 11.8. The molecule has 1 heterocycles. The van der Waals surface area contributed by atoms with Gasteiger partial charge in [-0.25, -0.2) is 4.79 Å². The third kappa shape index (κ3) is 6.59. The lowest BCUT2D eigenvalue weighted by Crippen LogP contribution is -2.40. The lowest BCUT2D eigenvalue weighted by Gasteiger charge is -2.17. The summed E-state index contributed by atoms with van der Waals surface area (Å²) in [4.78, 5) is 36.2. The number of carboxylic acid groups (broad SMARTS) is 1. The largest absolute Gasteiger partial charge is 0.481 e. The van der Waals surface area contributed by atoms with Crippen LogP contribution in [0.25, 0.3) is 0 Å². The average molecular weight is 333 g/mol. The van der Waals surface area contributed by atoms with Crippen LogP contribution in [0.4, 0.5) is 4.79 Å². The maximum absolute atomic E-state index is 11.8. The summed E-state index contributed by atoms with van der Waals surface area (Å²) in [6.07, 6.45) is -0.109. The van der Waals surface area contributed by atoms with Gasteiger partial charge in [0, 0.05) is 24.8 Å². The number of imide groups is 1. The number of halogens is 1. The number of amides is 3. The summed E-state index contributed by atoms with van der Waals surface area (Å²) in [7, 11) is 1.57. The summed E-state index contributed by atoms with van der Waals surface area (Å²) in [5.74, 6) is -1.77. The van der Waals surface area contributed by atoms with Crippen LogP contribution < -0.4 is 5.32 Å². The van der Waals surface area contributed by atoms with E-state index in [1.807, 2.05) is 6.07 Å². The van der Waals surface area contributed by atoms with Gasteiger partial charge in [0.2, 0.25) is 5.91 Å². The summed E-state index contributed by atoms with van der Waals surface area (Å²) >= 11 is 7.17. The first-order valence-electron chi connectivity index (χ1n) is 6.29. The van der Waals surface area contributed by atoms with Crippen molar-refractivity contribution in [2.24, 2.45) is 5.92 Å². The highest BCUT2D eigenvalue weighted by atomic mass is 35.5. The maximum atomic E-state index is 11.8. The molecular formula is C13H17ClN2O4S. The number of aliphatic carboxylic acids is 1. The summed E-state index contributed by atoms with van der Waals surface area (Å²) in [5.41, 5.74) is 0. The molecule has 0 aliphatic carbocycles. The Bertz CT molecular complexity index is 532. The fraction of sp³-hybridized carbons (Fsp3) is 0.462. The summed E-state index contributed by atoms with van der Waals surface area (Å²) in [6, 6.07) is 3.03. The van der Waals surface area contributed by atoms with E-state index in [0.717, 1.165) is 4.88 Å². The number of carboxylic acids is 1. The van der Waals surface area contributed by atoms with Gasteiger partial charge in [0.15, 0.2) is 0 Å². The molecule has 21 heavy (non-hydrogen) atoms. The number of rotatable bonds is 6. The van der Waals surface area contributed by atoms with E-state index in [2.05, 4.69) is 5.32 Å². The quantitative estimate of drug-likeness (QED) is 0.838. The van der Waals surface area contributed by atoms with Gasteiger partial charge in [-0.15, -0.1) is 11.3 Å². The monoisotopic (exact) mass is 332 g/mol. The van der Waals surface area contributed by atoms with Crippen LogP contribution in [0.15, 0.2) is 12.1 Å². The van der Waals surface area contributed by atoms with E-state index >= 15 is 0 Å². The number of carbonyl (C=O) groups is 3. The Balaban J connectivity index is 2.41. The van der Waals surface area contributed by atoms with Crippen LogP contribution in [-0.4, -0.2) is 35.0 Å². The highest BCUT2D eigenvalue weighted by Gasteiger charge is 2.17. The molecule has 0 aliphatic rings. The van der Waals surface area contributed by atoms with Crippen LogP contribution in [0.1, 0.15) is 24.6 Å². The number of carbonyl (C=O) groups excluding carboxylic acids is 2. The molecule has 0 radical (unpaired) electrons. The van der Waals surface area contributed by atoms with Crippen LogP contribution >= 0.6 is 22.9 Å². The summed E-state index contributed by atoms with van der Waals surface area (Å²) < 4.78 is 0.636. The highest BCUT2D eigenvalue weighted by Crippen LogP contribution is 2.22. The van der Waals surface area contributed by atoms with Crippen LogP contribution in [0, 0.1) is 5.92 Å². The molecule has 1 aromatic heterocycles. The number of nitrogens with one attached hydrogen (secondary N) is 1. The van der Waals surface area contributed by atoms with Crippen LogP contribution in [-0.2, 0) is 16.1 Å². The van der Waals surface area contributed by atoms with Crippen LogP contribution in [0.5, 0.6) is 0 Å². The van der Waals surface area contributed by atoms with Gasteiger partial charge in [0.1, 0.15) is 0 Å². The van der Waals surface area contributed by atoms with Gasteiger partial charge in [-0.05, 0) is 18.1 Å². The number of thiophene rings is 1. The van der Waals surface area contributed by atoms with Gasteiger partial charge in [-0.3, -0.25) is 14.9 Å². The molecule has 0 bridgehead atoms. The first-order chi connectivity index (χ1) is 9.77. The Morgan fingerprint density at radius 3 is 2.57 bits per heavy atom. The molecule has 0 aliphatic heterocycles. The normalized spacial score (nSPS) is 11.8. The molecule has 3 amide bonds. The average Bonchev–Trinajstić information content (AvgIpc) is 2.72. The van der Waals surface area contributed by atoms with Gasteiger partial charge in [0.25, 0.3) is 0 Å². The van der Waals surface area contributed by atoms with Gasteiger partial charge in [-0.2, -0.15) is 0 Å². The first kappa shape index (κ1) is 17.5. The number of nitrogens with zero attached hydrogens (tertiary/aromatic N) is 1. The number of hydrogen-bond acceptors (Lipinski definition) is 4. The predicted octanol–water partition coefficient (Wildman–Crippen LogP) is 2.57. The fourth-order valence-electron chi connectivity index (χ4n) is 1.69. The van der Waals surface area contributed by atoms with E-state index in [1.54, 1.807) is 20.0 Å². The van der Waals surface area contributed by atoms with Crippen molar-refractivity contribution < 1.29 is 19.5 Å². The molecule has 0 aromatic carbocycles. The highest BCUT2D eigenvalue weighted by molar-refractivity contribution is 7.16. The zero-order valence-corrected chi connectivity index (χ0v) is 13.3. The maximum Gasteiger partial charge on any atom is 0.324 e. The second-order valence-electron chi connectivity index (χ2n) is 4.82. The van der Waals surface area contributed by atoms with Crippen LogP contribution in [0.2, 0.25) is 4.34 Å². The topological polar surface area (TPSA) is 86.7 Å². The number of hydrogen-bond donors (Lipinski definition) is 2. The Labute approximate surface area is 131 Å². The van der Waals surface area contributed by atoms with Crippen LogP contribution in [0.3, 0.4) is 0 Å². The minimum atomic E-state index is -0.965. The standard InChI is InChI=1S/C13H17ClN2O4S/c1-8(6-12(18)19)5-11(17)15-13(20)16(2)7-9-3-4-10(14)21-9/h3-4,8H,5-7H2,1-2H3,(H,18,19)(H,15,17,20). The Morgan fingerprint density at radius 2 is 2.05 bits per heavy atom. The SMILES string of the molecule is CC(CC(=O)O)CC(=O)NC(=O)N(C)Cc1ccc(Cl)s1. The summed E-state index contributed by atoms with van der Waals surface area (Å²) in [6.45, 7) is 2.00. The molecule has 1 rings (SSSR count). The molecule has 0 saturated heterocycles. The summed E-state index contributed by atoms with van der Waals surface area (Å²) in [5, 5.41) is 10.9. The Kier molecular flexibility index (Phi) is 6.64. The molecule has 0 spiro atoms. The second-order valence-corrected chi connectivity index (χ2v) is 6.62. The van der Waals surface area contributed by atoms with Crippen molar-refractivity contribution in [3.8, 4) is 0 Å². The van der Waals surface area contributed by atoms with Crippen molar-refractivity contribution in [3.63, 3.8) is 0 Å². The molecule has 6 nitrogen and oxygen atoms in total. The minimum Gasteiger partial charge on any atom is -0.481 e. The lowest BCUT2D eigenvalue weighted by molar-refractivity contribution is -0.138. The molecular weight excluding hydrogens is 316 g/mol. The van der Waals surface area contributed by atoms with E-state index in [0.29, 0.717) is 10.9 Å². The molecule has 1 aromatic rings. The van der Waals surface area contributed by atoms with E-state index in [-0.39, 0.29) is 18.8 Å². The Hall–Kier alpha value is -1.60. The molecule has 1 atom stereocenters. The van der Waals surface area contributed by atoms with Crippen molar-refractivity contribution in [1.82, 2.24) is 10.2 Å². The van der Waals surface area contributed by atoms with Gasteiger partial charge >= 0.3 is 12.0 Å². The molecule has 2 N–H and O–H groups in total. The lowest BCUT2D eigenvalue weighted by atomic mass is 10.0. The number of urea groups is 1. The van der Waals surface area contributed by atoms with Crippen molar-refractivity contribution in [2.75, 3.05) is 7.05 Å². The van der Waals surface area contributed by atoms with E-state index in [9.17, 15) is 14.4 Å². The van der Waals surface area contributed by atoms with Crippen molar-refractivity contribution in [3.05, 3.63) is 21.3 Å². The van der Waals surface area contributed by atoms with Gasteiger partial charge < -0.3 is 10.0 Å². The first-order valence-corrected chi connectivity index (χ1v) is 7.48. The Morgan fingerprint density at radius 1 is 1.38 bits per heavy atom. The van der Waals surface area contributed by atoms with E-state index in [1.165, 1.54) is 16.2 Å². The molecule has 8 heteroatoms. The molecule has 0 saturated carbocycles. The van der Waals surface area contributed by atoms with Crippen molar-refractivity contribution in [2.45, 2.75) is 26.3 Å². The van der Waals surface area contributed by atoms with E-state index < -0.39 is 17.9 Å².